The maximum atomic E-state index is 12.7. The van der Waals surface area contributed by atoms with Gasteiger partial charge >= 0.3 is 5.97 Å². The van der Waals surface area contributed by atoms with Crippen LogP contribution in [-0.4, -0.2) is 11.8 Å². The van der Waals surface area contributed by atoms with Crippen LogP contribution in [0, 0.1) is 12.8 Å². The van der Waals surface area contributed by atoms with Gasteiger partial charge in [-0.2, -0.15) is 0 Å². The minimum absolute atomic E-state index is 0.0420. The maximum Gasteiger partial charge on any atom is 0.314 e. The first kappa shape index (κ1) is 18.8. The number of hydrogen-bond acceptors (Lipinski definition) is 4. The predicted molar refractivity (Wildman–Crippen MR) is 108 cm³/mol. The third-order valence-electron chi connectivity index (χ3n) is 5.38. The second kappa shape index (κ2) is 7.80. The van der Waals surface area contributed by atoms with Crippen LogP contribution in [0.2, 0.25) is 5.02 Å². The summed E-state index contributed by atoms with van der Waals surface area (Å²) in [6.07, 6.45) is 6.70. The van der Waals surface area contributed by atoms with Crippen molar-refractivity contribution in [1.29, 1.82) is 0 Å². The average Bonchev–Trinajstić information content (AvgIpc) is 3.03. The second-order valence-corrected chi connectivity index (χ2v) is 7.69. The lowest BCUT2D eigenvalue weighted by Crippen LogP contribution is -2.23. The Morgan fingerprint density at radius 1 is 1.14 bits per heavy atom. The van der Waals surface area contributed by atoms with Gasteiger partial charge in [-0.25, -0.2) is 0 Å². The van der Waals surface area contributed by atoms with E-state index in [2.05, 4.69) is 0 Å². The molecule has 2 aliphatic rings. The molecule has 2 aromatic rings. The zero-order valence-corrected chi connectivity index (χ0v) is 16.4. The number of allylic oxidation sites excluding steroid dienone is 1. The first-order valence-corrected chi connectivity index (χ1v) is 9.96. The maximum absolute atomic E-state index is 12.7. The molecule has 1 saturated carbocycles. The van der Waals surface area contributed by atoms with Gasteiger partial charge in [0.2, 0.25) is 5.78 Å². The van der Waals surface area contributed by atoms with Gasteiger partial charge in [-0.3, -0.25) is 9.59 Å². The third kappa shape index (κ3) is 3.57. The highest BCUT2D eigenvalue weighted by molar-refractivity contribution is 6.32. The van der Waals surface area contributed by atoms with Crippen molar-refractivity contribution in [3.63, 3.8) is 0 Å². The lowest BCUT2D eigenvalue weighted by Gasteiger charge is -2.20. The molecule has 1 fully saturated rings. The van der Waals surface area contributed by atoms with Crippen LogP contribution in [0.4, 0.5) is 0 Å². The molecule has 4 nitrogen and oxygen atoms in total. The summed E-state index contributed by atoms with van der Waals surface area (Å²) in [4.78, 5) is 25.2. The zero-order chi connectivity index (χ0) is 19.7. The lowest BCUT2D eigenvalue weighted by molar-refractivity contribution is -0.140. The lowest BCUT2D eigenvalue weighted by atomic mass is 9.89. The van der Waals surface area contributed by atoms with Crippen molar-refractivity contribution in [2.24, 2.45) is 5.92 Å². The van der Waals surface area contributed by atoms with E-state index >= 15 is 0 Å². The number of carbonyl (C=O) groups excluding carboxylic acids is 2. The van der Waals surface area contributed by atoms with Crippen molar-refractivity contribution in [2.75, 3.05) is 0 Å². The number of hydrogen-bond donors (Lipinski definition) is 0. The molecule has 0 spiro atoms. The van der Waals surface area contributed by atoms with Crippen LogP contribution in [0.1, 0.15) is 53.6 Å². The van der Waals surface area contributed by atoms with Crippen LogP contribution < -0.4 is 9.47 Å². The smallest absolute Gasteiger partial charge is 0.314 e. The van der Waals surface area contributed by atoms with Crippen molar-refractivity contribution in [3.05, 3.63) is 63.9 Å². The van der Waals surface area contributed by atoms with Crippen LogP contribution in [0.5, 0.6) is 11.5 Å². The van der Waals surface area contributed by atoms with E-state index in [-0.39, 0.29) is 23.4 Å². The molecular weight excluding hydrogens is 376 g/mol. The van der Waals surface area contributed by atoms with E-state index in [1.165, 1.54) is 6.42 Å². The highest BCUT2D eigenvalue weighted by Gasteiger charge is 2.31. The molecule has 0 aromatic heterocycles. The Morgan fingerprint density at radius 2 is 1.89 bits per heavy atom. The van der Waals surface area contributed by atoms with Gasteiger partial charge in [-0.15, -0.1) is 0 Å². The minimum atomic E-state index is -0.205. The van der Waals surface area contributed by atoms with Crippen molar-refractivity contribution < 1.29 is 19.1 Å². The highest BCUT2D eigenvalue weighted by Crippen LogP contribution is 2.40. The molecule has 28 heavy (non-hydrogen) atoms. The molecule has 0 atom stereocenters. The van der Waals surface area contributed by atoms with Gasteiger partial charge < -0.3 is 9.47 Å². The summed E-state index contributed by atoms with van der Waals surface area (Å²) >= 11 is 6.18. The number of ketones is 1. The number of Topliss-reactive ketones (excluding diaryl/α,β-unsaturated/α-hetero) is 1. The molecule has 0 bridgehead atoms. The molecule has 1 aliphatic heterocycles. The fraction of sp³-hybridized carbons (Fsp3) is 0.304. The number of benzene rings is 2. The molecule has 5 heteroatoms. The number of esters is 1. The first-order chi connectivity index (χ1) is 13.5. The van der Waals surface area contributed by atoms with Crippen molar-refractivity contribution in [3.8, 4) is 11.5 Å². The summed E-state index contributed by atoms with van der Waals surface area (Å²) in [6, 6.07) is 10.6. The normalized spacial score (nSPS) is 18.1. The van der Waals surface area contributed by atoms with Crippen molar-refractivity contribution >= 4 is 29.4 Å². The fourth-order valence-electron chi connectivity index (χ4n) is 3.74. The molecule has 144 valence electrons. The van der Waals surface area contributed by atoms with E-state index in [9.17, 15) is 9.59 Å². The first-order valence-electron chi connectivity index (χ1n) is 9.58. The van der Waals surface area contributed by atoms with Crippen LogP contribution in [-0.2, 0) is 4.79 Å². The summed E-state index contributed by atoms with van der Waals surface area (Å²) in [5, 5.41) is 0.543. The third-order valence-corrected chi connectivity index (χ3v) is 5.72. The van der Waals surface area contributed by atoms with E-state index in [4.69, 9.17) is 21.1 Å². The molecule has 0 saturated heterocycles. The molecule has 1 heterocycles. The molecule has 0 amide bonds. The Morgan fingerprint density at radius 3 is 2.64 bits per heavy atom. The van der Waals surface area contributed by atoms with Crippen LogP contribution >= 0.6 is 11.6 Å². The van der Waals surface area contributed by atoms with E-state index in [0.29, 0.717) is 33.2 Å². The summed E-state index contributed by atoms with van der Waals surface area (Å²) < 4.78 is 11.5. The molecule has 0 N–H and O–H groups in total. The van der Waals surface area contributed by atoms with Crippen LogP contribution in [0.3, 0.4) is 0 Å². The fourth-order valence-corrected chi connectivity index (χ4v) is 3.93. The van der Waals surface area contributed by atoms with Gasteiger partial charge in [0.1, 0.15) is 11.5 Å². The Labute approximate surface area is 169 Å². The highest BCUT2D eigenvalue weighted by atomic mass is 35.5. The molecule has 0 unspecified atom stereocenters. The van der Waals surface area contributed by atoms with Gasteiger partial charge in [-0.1, -0.05) is 49.1 Å². The number of ether oxygens (including phenoxy) is 2. The summed E-state index contributed by atoms with van der Waals surface area (Å²) in [5.41, 5.74) is 1.83. The topological polar surface area (TPSA) is 52.6 Å². The summed E-state index contributed by atoms with van der Waals surface area (Å²) in [6.45, 7) is 1.80. The van der Waals surface area contributed by atoms with Gasteiger partial charge in [0.15, 0.2) is 5.76 Å². The number of halogens is 1. The molecule has 1 aliphatic carbocycles. The summed E-state index contributed by atoms with van der Waals surface area (Å²) in [5.74, 6) is 0.655. The van der Waals surface area contributed by atoms with E-state index in [1.54, 1.807) is 31.2 Å². The quantitative estimate of drug-likeness (QED) is 0.376. The number of fused-ring (bicyclic) bond motifs is 1. The monoisotopic (exact) mass is 396 g/mol. The largest absolute Gasteiger partial charge is 0.452 e. The molecule has 0 radical (unpaired) electrons. The Bertz CT molecular complexity index is 971. The Hall–Kier alpha value is -2.59. The van der Waals surface area contributed by atoms with Crippen molar-refractivity contribution in [2.45, 2.75) is 39.0 Å². The van der Waals surface area contributed by atoms with Gasteiger partial charge in [-0.05, 0) is 49.6 Å². The predicted octanol–water partition coefficient (Wildman–Crippen LogP) is 5.75. The van der Waals surface area contributed by atoms with E-state index in [0.717, 1.165) is 25.7 Å². The van der Waals surface area contributed by atoms with Gasteiger partial charge in [0, 0.05) is 10.6 Å². The van der Waals surface area contributed by atoms with Crippen LogP contribution in [0.25, 0.3) is 6.08 Å². The zero-order valence-electron chi connectivity index (χ0n) is 15.7. The minimum Gasteiger partial charge on any atom is -0.452 e. The van der Waals surface area contributed by atoms with Gasteiger partial charge in [0.05, 0.1) is 11.5 Å². The van der Waals surface area contributed by atoms with E-state index in [1.807, 2.05) is 18.2 Å². The Kier molecular flexibility index (Phi) is 5.23. The number of rotatable bonds is 3. The second-order valence-electron chi connectivity index (χ2n) is 7.28. The standard InChI is InChI=1S/C23H21ClO4/c1-14-19(28-23(26)15-7-3-2-4-8-15)12-11-17-21(25)20(27-22(14)17)13-16-9-5-6-10-18(16)24/h5-6,9-13,15H,2-4,7-8H2,1H3/b20-13-. The molecular formula is C23H21ClO4. The van der Waals surface area contributed by atoms with Crippen molar-refractivity contribution in [1.82, 2.24) is 0 Å². The molecule has 2 aromatic carbocycles. The SMILES string of the molecule is Cc1c(OC(=O)C2CCCCC2)ccc2c1O/C(=C\c1ccccc1Cl)C2=O. The summed E-state index contributed by atoms with van der Waals surface area (Å²) in [7, 11) is 0. The average molecular weight is 397 g/mol. The van der Waals surface area contributed by atoms with Gasteiger partial charge in [0.25, 0.3) is 0 Å². The van der Waals surface area contributed by atoms with E-state index < -0.39 is 0 Å². The number of carbonyl (C=O) groups is 2. The molecule has 4 rings (SSSR count). The van der Waals surface area contributed by atoms with Crippen LogP contribution in [0.15, 0.2) is 42.2 Å². The Balaban J connectivity index is 1.58.